The van der Waals surface area contributed by atoms with Crippen LogP contribution in [-0.2, 0) is 5.41 Å². The molecule has 0 spiro atoms. The third-order valence-corrected chi connectivity index (χ3v) is 8.77. The standard InChI is InChI=1S/C39H30N2/c1-39(2)32-20-11-12-22-34(32)41-37-26-28(31-19-10-9-18-30(31)27-14-5-3-6-15-27)24-25-35(37)40(29-16-7-4-8-17-29)36-23-13-21-33(39)38(36)41/h3-26H,1-2H3. The van der Waals surface area contributed by atoms with Gasteiger partial charge in [-0.25, -0.2) is 0 Å². The normalized spacial score (nSPS) is 14.2. The van der Waals surface area contributed by atoms with Crippen molar-refractivity contribution in [2.24, 2.45) is 0 Å². The van der Waals surface area contributed by atoms with E-state index in [9.17, 15) is 0 Å². The van der Waals surface area contributed by atoms with Gasteiger partial charge in [0.2, 0.25) is 0 Å². The number of hydrogen-bond donors (Lipinski definition) is 0. The zero-order valence-electron chi connectivity index (χ0n) is 23.3. The van der Waals surface area contributed by atoms with E-state index in [1.165, 1.54) is 61.8 Å². The molecular formula is C39H30N2. The highest BCUT2D eigenvalue weighted by atomic mass is 15.3. The highest BCUT2D eigenvalue weighted by Gasteiger charge is 2.42. The molecule has 2 heterocycles. The average Bonchev–Trinajstić information content (AvgIpc) is 3.03. The Balaban J connectivity index is 1.43. The van der Waals surface area contributed by atoms with Gasteiger partial charge in [-0.05, 0) is 69.8 Å². The molecule has 0 saturated carbocycles. The van der Waals surface area contributed by atoms with Gasteiger partial charge < -0.3 is 9.80 Å². The Bertz CT molecular complexity index is 1920. The molecule has 0 bridgehead atoms. The molecule has 2 aliphatic heterocycles. The van der Waals surface area contributed by atoms with Crippen molar-refractivity contribution < 1.29 is 0 Å². The lowest BCUT2D eigenvalue weighted by molar-refractivity contribution is 0.631. The van der Waals surface area contributed by atoms with Gasteiger partial charge in [0.15, 0.2) is 0 Å². The molecule has 196 valence electrons. The third kappa shape index (κ3) is 3.50. The molecule has 0 fully saturated rings. The van der Waals surface area contributed by atoms with Crippen LogP contribution in [0.1, 0.15) is 25.0 Å². The molecule has 2 heteroatoms. The molecule has 0 amide bonds. The molecule has 0 atom stereocenters. The van der Waals surface area contributed by atoms with Crippen molar-refractivity contribution in [3.05, 3.63) is 157 Å². The Morgan fingerprint density at radius 3 is 1.80 bits per heavy atom. The number of para-hydroxylation sites is 3. The number of nitrogens with zero attached hydrogens (tertiary/aromatic N) is 2. The van der Waals surface area contributed by atoms with Gasteiger partial charge in [-0.15, -0.1) is 0 Å². The molecule has 41 heavy (non-hydrogen) atoms. The Hall–Kier alpha value is -5.08. The summed E-state index contributed by atoms with van der Waals surface area (Å²) in [5, 5.41) is 0. The zero-order chi connectivity index (χ0) is 27.6. The zero-order valence-corrected chi connectivity index (χ0v) is 23.3. The van der Waals surface area contributed by atoms with E-state index in [4.69, 9.17) is 0 Å². The van der Waals surface area contributed by atoms with Gasteiger partial charge in [0.05, 0.1) is 28.4 Å². The van der Waals surface area contributed by atoms with Crippen LogP contribution in [0, 0.1) is 0 Å². The highest BCUT2D eigenvalue weighted by molar-refractivity contribution is 6.06. The lowest BCUT2D eigenvalue weighted by Crippen LogP contribution is -2.34. The lowest BCUT2D eigenvalue weighted by Gasteiger charge is -2.48. The van der Waals surface area contributed by atoms with E-state index in [0.29, 0.717) is 0 Å². The maximum absolute atomic E-state index is 2.51. The van der Waals surface area contributed by atoms with Crippen LogP contribution in [0.2, 0.25) is 0 Å². The first kappa shape index (κ1) is 23.8. The minimum Gasteiger partial charge on any atom is -0.306 e. The second kappa shape index (κ2) is 8.97. The molecule has 2 nitrogen and oxygen atoms in total. The smallest absolute Gasteiger partial charge is 0.0744 e. The van der Waals surface area contributed by atoms with Gasteiger partial charge in [0.1, 0.15) is 0 Å². The number of fused-ring (bicyclic) bond motifs is 4. The second-order valence-electron chi connectivity index (χ2n) is 11.4. The minimum absolute atomic E-state index is 0.129. The number of benzene rings is 6. The Morgan fingerprint density at radius 1 is 0.415 bits per heavy atom. The van der Waals surface area contributed by atoms with Crippen molar-refractivity contribution in [1.82, 2.24) is 0 Å². The summed E-state index contributed by atoms with van der Waals surface area (Å²) in [6.07, 6.45) is 0. The van der Waals surface area contributed by atoms with Gasteiger partial charge in [0, 0.05) is 11.1 Å². The predicted octanol–water partition coefficient (Wildman–Crippen LogP) is 10.9. The van der Waals surface area contributed by atoms with E-state index >= 15 is 0 Å². The molecule has 0 unspecified atom stereocenters. The van der Waals surface area contributed by atoms with Gasteiger partial charge in [-0.2, -0.15) is 0 Å². The summed E-state index contributed by atoms with van der Waals surface area (Å²) in [5.74, 6) is 0. The summed E-state index contributed by atoms with van der Waals surface area (Å²) in [6.45, 7) is 4.71. The average molecular weight is 527 g/mol. The van der Waals surface area contributed by atoms with Crippen LogP contribution in [-0.4, -0.2) is 0 Å². The van der Waals surface area contributed by atoms with Crippen LogP contribution in [0.25, 0.3) is 22.3 Å². The summed E-state index contributed by atoms with van der Waals surface area (Å²) in [4.78, 5) is 4.94. The number of anilines is 6. The van der Waals surface area contributed by atoms with E-state index in [-0.39, 0.29) is 5.41 Å². The van der Waals surface area contributed by atoms with Gasteiger partial charge in [-0.3, -0.25) is 0 Å². The van der Waals surface area contributed by atoms with Crippen molar-refractivity contribution in [3.63, 3.8) is 0 Å². The first-order valence-electron chi connectivity index (χ1n) is 14.3. The summed E-state index contributed by atoms with van der Waals surface area (Å²) in [6, 6.07) is 52.9. The molecule has 0 saturated heterocycles. The molecule has 0 aromatic heterocycles. The fraction of sp³-hybridized carbons (Fsp3) is 0.0769. The maximum atomic E-state index is 2.51. The fourth-order valence-corrected chi connectivity index (χ4v) is 6.81. The topological polar surface area (TPSA) is 6.48 Å². The Morgan fingerprint density at radius 2 is 1.02 bits per heavy atom. The van der Waals surface area contributed by atoms with Crippen molar-refractivity contribution in [1.29, 1.82) is 0 Å². The van der Waals surface area contributed by atoms with E-state index in [1.807, 2.05) is 0 Å². The lowest BCUT2D eigenvalue weighted by atomic mass is 9.72. The van der Waals surface area contributed by atoms with E-state index < -0.39 is 0 Å². The number of hydrogen-bond acceptors (Lipinski definition) is 2. The third-order valence-electron chi connectivity index (χ3n) is 8.77. The van der Waals surface area contributed by atoms with Crippen LogP contribution in [0.15, 0.2) is 146 Å². The predicted molar refractivity (Wildman–Crippen MR) is 172 cm³/mol. The monoisotopic (exact) mass is 526 g/mol. The molecule has 0 radical (unpaired) electrons. The summed E-state index contributed by atoms with van der Waals surface area (Å²) < 4.78 is 0. The van der Waals surface area contributed by atoms with Crippen molar-refractivity contribution in [2.45, 2.75) is 19.3 Å². The first-order valence-corrected chi connectivity index (χ1v) is 14.3. The fourth-order valence-electron chi connectivity index (χ4n) is 6.81. The van der Waals surface area contributed by atoms with Crippen LogP contribution in [0.3, 0.4) is 0 Å². The van der Waals surface area contributed by atoms with Crippen molar-refractivity contribution >= 4 is 34.1 Å². The number of rotatable bonds is 3. The first-order chi connectivity index (χ1) is 20.1. The molecule has 6 aromatic carbocycles. The highest BCUT2D eigenvalue weighted by Crippen LogP contribution is 2.61. The van der Waals surface area contributed by atoms with Crippen LogP contribution >= 0.6 is 0 Å². The quantitative estimate of drug-likeness (QED) is 0.226. The van der Waals surface area contributed by atoms with Crippen LogP contribution < -0.4 is 9.80 Å². The molecule has 6 aromatic rings. The van der Waals surface area contributed by atoms with Crippen molar-refractivity contribution in [2.75, 3.05) is 9.80 Å². The van der Waals surface area contributed by atoms with Crippen molar-refractivity contribution in [3.8, 4) is 22.3 Å². The summed E-state index contributed by atoms with van der Waals surface area (Å²) in [7, 11) is 0. The molecular weight excluding hydrogens is 496 g/mol. The SMILES string of the molecule is CC1(C)c2ccccc2N2c3cc(-c4ccccc4-c4ccccc4)ccc3N(c3ccccc3)c3cccc1c32. The second-order valence-corrected chi connectivity index (χ2v) is 11.4. The van der Waals surface area contributed by atoms with Gasteiger partial charge >= 0.3 is 0 Å². The Labute approximate surface area is 241 Å². The molecule has 0 N–H and O–H groups in total. The molecule has 2 aliphatic rings. The molecule has 0 aliphatic carbocycles. The van der Waals surface area contributed by atoms with Crippen LogP contribution in [0.4, 0.5) is 34.1 Å². The van der Waals surface area contributed by atoms with E-state index in [2.05, 4.69) is 169 Å². The Kier molecular flexibility index (Phi) is 5.20. The van der Waals surface area contributed by atoms with E-state index in [0.717, 1.165) is 5.69 Å². The van der Waals surface area contributed by atoms with Gasteiger partial charge in [-0.1, -0.05) is 123 Å². The maximum Gasteiger partial charge on any atom is 0.0744 e. The van der Waals surface area contributed by atoms with Crippen LogP contribution in [0.5, 0.6) is 0 Å². The summed E-state index contributed by atoms with van der Waals surface area (Å²) >= 11 is 0. The summed E-state index contributed by atoms with van der Waals surface area (Å²) in [5.41, 5.74) is 14.7. The minimum atomic E-state index is -0.129. The van der Waals surface area contributed by atoms with Gasteiger partial charge in [0.25, 0.3) is 0 Å². The largest absolute Gasteiger partial charge is 0.306 e. The molecule has 8 rings (SSSR count). The van der Waals surface area contributed by atoms with E-state index in [1.54, 1.807) is 0 Å².